The first-order valence-corrected chi connectivity index (χ1v) is 7.44. The van der Waals surface area contributed by atoms with E-state index in [1.54, 1.807) is 7.05 Å². The number of carbonyl (C=O) groups is 1. The maximum atomic E-state index is 11.5. The quantitative estimate of drug-likeness (QED) is 0.819. The molecular weight excluding hydrogens is 262 g/mol. The zero-order valence-electron chi connectivity index (χ0n) is 12.0. The van der Waals surface area contributed by atoms with Crippen LogP contribution in [-0.2, 0) is 4.79 Å². The minimum absolute atomic E-state index is 0. The monoisotopic (exact) mass is 289 g/mol. The molecule has 2 rings (SSSR count). The van der Waals surface area contributed by atoms with Crippen LogP contribution in [-0.4, -0.2) is 50.6 Å². The average Bonchev–Trinajstić information content (AvgIpc) is 2.46. The third-order valence-corrected chi connectivity index (χ3v) is 4.52. The Hall–Kier alpha value is -0.320. The molecule has 1 amide bonds. The minimum Gasteiger partial charge on any atom is -0.359 e. The van der Waals surface area contributed by atoms with E-state index in [1.807, 2.05) is 0 Å². The van der Waals surface area contributed by atoms with Gasteiger partial charge in [0.25, 0.3) is 0 Å². The summed E-state index contributed by atoms with van der Waals surface area (Å²) < 4.78 is 0. The van der Waals surface area contributed by atoms with Gasteiger partial charge >= 0.3 is 0 Å². The molecule has 2 saturated heterocycles. The van der Waals surface area contributed by atoms with Crippen molar-refractivity contribution in [2.75, 3.05) is 39.8 Å². The van der Waals surface area contributed by atoms with E-state index < -0.39 is 0 Å². The van der Waals surface area contributed by atoms with Crippen molar-refractivity contribution in [3.8, 4) is 0 Å². The summed E-state index contributed by atoms with van der Waals surface area (Å²) >= 11 is 0. The van der Waals surface area contributed by atoms with Gasteiger partial charge < -0.3 is 15.5 Å². The molecule has 4 nitrogen and oxygen atoms in total. The molecule has 0 spiro atoms. The second-order valence-corrected chi connectivity index (χ2v) is 5.71. The number of hydrogen-bond acceptors (Lipinski definition) is 3. The van der Waals surface area contributed by atoms with Crippen molar-refractivity contribution in [3.05, 3.63) is 0 Å². The molecular formula is C14H28ClN3O. The predicted octanol–water partition coefficient (Wildman–Crippen LogP) is 1.26. The van der Waals surface area contributed by atoms with E-state index in [1.165, 1.54) is 38.9 Å². The number of likely N-dealkylation sites (tertiary alicyclic amines) is 1. The van der Waals surface area contributed by atoms with Crippen LogP contribution in [0.3, 0.4) is 0 Å². The number of nitrogens with one attached hydrogen (secondary N) is 2. The van der Waals surface area contributed by atoms with Crippen LogP contribution < -0.4 is 10.6 Å². The van der Waals surface area contributed by atoms with E-state index >= 15 is 0 Å². The van der Waals surface area contributed by atoms with Crippen LogP contribution >= 0.6 is 12.4 Å². The molecule has 5 heteroatoms. The summed E-state index contributed by atoms with van der Waals surface area (Å²) in [6.45, 7) is 5.82. The number of carbonyl (C=O) groups excluding carboxylic acids is 1. The Morgan fingerprint density at radius 1 is 1.21 bits per heavy atom. The van der Waals surface area contributed by atoms with Gasteiger partial charge in [-0.25, -0.2) is 0 Å². The maximum absolute atomic E-state index is 11.5. The van der Waals surface area contributed by atoms with Gasteiger partial charge in [-0.2, -0.15) is 0 Å². The Balaban J connectivity index is 0.00000180. The highest BCUT2D eigenvalue weighted by Crippen LogP contribution is 2.20. The van der Waals surface area contributed by atoms with Crippen molar-refractivity contribution in [1.82, 2.24) is 15.5 Å². The molecule has 0 aliphatic carbocycles. The van der Waals surface area contributed by atoms with Crippen molar-refractivity contribution in [2.45, 2.75) is 32.1 Å². The van der Waals surface area contributed by atoms with Gasteiger partial charge in [-0.1, -0.05) is 0 Å². The van der Waals surface area contributed by atoms with Crippen LogP contribution in [0.2, 0.25) is 0 Å². The van der Waals surface area contributed by atoms with Crippen molar-refractivity contribution >= 4 is 18.3 Å². The molecule has 2 N–H and O–H groups in total. The first-order valence-electron chi connectivity index (χ1n) is 7.44. The van der Waals surface area contributed by atoms with Crippen LogP contribution in [0.1, 0.15) is 32.1 Å². The standard InChI is InChI=1S/C14H27N3O.ClH/c1-15-14(18)13-5-10-17(11-6-13)9-4-12-2-7-16-8-3-12;/h12-13,16H,2-11H2,1H3,(H,15,18);1H. The highest BCUT2D eigenvalue weighted by molar-refractivity contribution is 5.85. The smallest absolute Gasteiger partial charge is 0.222 e. The maximum Gasteiger partial charge on any atom is 0.222 e. The van der Waals surface area contributed by atoms with Gasteiger partial charge in [0.05, 0.1) is 0 Å². The van der Waals surface area contributed by atoms with E-state index in [2.05, 4.69) is 15.5 Å². The Morgan fingerprint density at radius 2 is 1.84 bits per heavy atom. The first kappa shape index (κ1) is 16.7. The molecule has 19 heavy (non-hydrogen) atoms. The van der Waals surface area contributed by atoms with Crippen LogP contribution in [0.5, 0.6) is 0 Å². The number of piperidine rings is 2. The Morgan fingerprint density at radius 3 is 2.42 bits per heavy atom. The fourth-order valence-corrected chi connectivity index (χ4v) is 3.16. The second kappa shape index (κ2) is 8.77. The van der Waals surface area contributed by atoms with Gasteiger partial charge in [-0.05, 0) is 70.7 Å². The molecule has 2 fully saturated rings. The molecule has 0 aromatic heterocycles. The van der Waals surface area contributed by atoms with Gasteiger partial charge in [0.15, 0.2) is 0 Å². The Labute approximate surface area is 123 Å². The number of rotatable bonds is 4. The summed E-state index contributed by atoms with van der Waals surface area (Å²) in [6.07, 6.45) is 6.09. The van der Waals surface area contributed by atoms with Gasteiger partial charge in [0, 0.05) is 13.0 Å². The van der Waals surface area contributed by atoms with Gasteiger partial charge in [0.1, 0.15) is 0 Å². The fraction of sp³-hybridized carbons (Fsp3) is 0.929. The summed E-state index contributed by atoms with van der Waals surface area (Å²) in [5, 5.41) is 6.19. The van der Waals surface area contributed by atoms with E-state index in [0.717, 1.165) is 31.8 Å². The van der Waals surface area contributed by atoms with Crippen LogP contribution in [0.15, 0.2) is 0 Å². The number of nitrogens with zero attached hydrogens (tertiary/aromatic N) is 1. The van der Waals surface area contributed by atoms with Gasteiger partial charge in [-0.3, -0.25) is 4.79 Å². The summed E-state index contributed by atoms with van der Waals surface area (Å²) in [4.78, 5) is 14.1. The normalized spacial score (nSPS) is 22.8. The molecule has 0 unspecified atom stereocenters. The molecule has 2 aliphatic rings. The molecule has 2 aliphatic heterocycles. The summed E-state index contributed by atoms with van der Waals surface area (Å²) in [6, 6.07) is 0. The van der Waals surface area contributed by atoms with Crippen molar-refractivity contribution in [2.24, 2.45) is 11.8 Å². The lowest BCUT2D eigenvalue weighted by molar-refractivity contribution is -0.125. The van der Waals surface area contributed by atoms with Gasteiger partial charge in [0.2, 0.25) is 5.91 Å². The molecule has 0 aromatic carbocycles. The van der Waals surface area contributed by atoms with Crippen molar-refractivity contribution in [1.29, 1.82) is 0 Å². The largest absolute Gasteiger partial charge is 0.359 e. The molecule has 0 saturated carbocycles. The zero-order chi connectivity index (χ0) is 12.8. The molecule has 2 heterocycles. The van der Waals surface area contributed by atoms with E-state index in [0.29, 0.717) is 0 Å². The average molecular weight is 290 g/mol. The van der Waals surface area contributed by atoms with E-state index in [9.17, 15) is 4.79 Å². The van der Waals surface area contributed by atoms with Crippen molar-refractivity contribution in [3.63, 3.8) is 0 Å². The molecule has 112 valence electrons. The zero-order valence-corrected chi connectivity index (χ0v) is 12.8. The third-order valence-electron chi connectivity index (χ3n) is 4.52. The molecule has 0 radical (unpaired) electrons. The summed E-state index contributed by atoms with van der Waals surface area (Å²) in [7, 11) is 1.74. The highest BCUT2D eigenvalue weighted by Gasteiger charge is 2.24. The number of halogens is 1. The topological polar surface area (TPSA) is 44.4 Å². The highest BCUT2D eigenvalue weighted by atomic mass is 35.5. The van der Waals surface area contributed by atoms with E-state index in [4.69, 9.17) is 0 Å². The molecule has 0 bridgehead atoms. The summed E-state index contributed by atoms with van der Waals surface area (Å²) in [5.41, 5.74) is 0. The van der Waals surface area contributed by atoms with Crippen LogP contribution in [0, 0.1) is 11.8 Å². The number of amides is 1. The fourth-order valence-electron chi connectivity index (χ4n) is 3.16. The molecule has 0 aromatic rings. The Bertz CT molecular complexity index is 261. The number of hydrogen-bond donors (Lipinski definition) is 2. The minimum atomic E-state index is 0. The molecule has 0 atom stereocenters. The van der Waals surface area contributed by atoms with Crippen LogP contribution in [0.25, 0.3) is 0 Å². The van der Waals surface area contributed by atoms with Crippen LogP contribution in [0.4, 0.5) is 0 Å². The predicted molar refractivity (Wildman–Crippen MR) is 80.7 cm³/mol. The summed E-state index contributed by atoms with van der Waals surface area (Å²) in [5.74, 6) is 1.40. The van der Waals surface area contributed by atoms with E-state index in [-0.39, 0.29) is 24.2 Å². The van der Waals surface area contributed by atoms with Crippen molar-refractivity contribution < 1.29 is 4.79 Å². The Kier molecular flexibility index (Phi) is 7.73. The lowest BCUT2D eigenvalue weighted by Crippen LogP contribution is -2.40. The van der Waals surface area contributed by atoms with Gasteiger partial charge in [-0.15, -0.1) is 12.4 Å². The third kappa shape index (κ3) is 5.28. The lowest BCUT2D eigenvalue weighted by Gasteiger charge is -2.32. The lowest BCUT2D eigenvalue weighted by atomic mass is 9.92. The SMILES string of the molecule is CNC(=O)C1CCN(CCC2CCNCC2)CC1.Cl. The first-order chi connectivity index (χ1) is 8.79. The second-order valence-electron chi connectivity index (χ2n) is 5.71.